The number of rotatable bonds is 9. The maximum absolute atomic E-state index is 11.7. The Morgan fingerprint density at radius 2 is 2.09 bits per heavy atom. The number of ether oxygens (including phenoxy) is 1. The van der Waals surface area contributed by atoms with Crippen molar-refractivity contribution < 1.29 is 9.53 Å². The van der Waals surface area contributed by atoms with Crippen molar-refractivity contribution in [2.45, 2.75) is 32.6 Å². The van der Waals surface area contributed by atoms with Gasteiger partial charge >= 0.3 is 0 Å². The smallest absolute Gasteiger partial charge is 0.245 e. The van der Waals surface area contributed by atoms with E-state index in [9.17, 15) is 4.79 Å². The van der Waals surface area contributed by atoms with Crippen molar-refractivity contribution in [1.82, 2.24) is 5.43 Å². The molecule has 0 saturated heterocycles. The molecule has 0 bridgehead atoms. The Hall–Kier alpha value is -2.14. The van der Waals surface area contributed by atoms with E-state index in [4.69, 9.17) is 4.74 Å². The average Bonchev–Trinajstić information content (AvgIpc) is 3.06. The lowest BCUT2D eigenvalue weighted by atomic mass is 10.2. The van der Waals surface area contributed by atoms with Crippen molar-refractivity contribution in [3.05, 3.63) is 52.2 Å². The predicted molar refractivity (Wildman–Crippen MR) is 95.2 cm³/mol. The van der Waals surface area contributed by atoms with Crippen LogP contribution in [0.1, 0.15) is 36.6 Å². The number of nitrogens with one attached hydrogen (secondary N) is 1. The molecule has 0 aliphatic carbocycles. The molecule has 0 radical (unpaired) electrons. The summed E-state index contributed by atoms with van der Waals surface area (Å²) < 4.78 is 5.65. The lowest BCUT2D eigenvalue weighted by Crippen LogP contribution is -2.19. The van der Waals surface area contributed by atoms with Crippen LogP contribution in [0.4, 0.5) is 0 Å². The molecule has 1 heterocycles. The first-order valence-electron chi connectivity index (χ1n) is 7.85. The van der Waals surface area contributed by atoms with Crippen LogP contribution in [-0.4, -0.2) is 18.7 Å². The molecule has 4 nitrogen and oxygen atoms in total. The standard InChI is InChI=1S/C18H22N2O2S/c1-2-3-4-11-22-16-9-7-15(8-10-16)14-19-20-18(21)13-17-6-5-12-23-17/h5-10,12,14H,2-4,11,13H2,1H3,(H,20,21)/b19-14+. The summed E-state index contributed by atoms with van der Waals surface area (Å²) in [5.74, 6) is 0.750. The van der Waals surface area contributed by atoms with E-state index in [0.29, 0.717) is 6.42 Å². The molecule has 0 fully saturated rings. The fourth-order valence-corrected chi connectivity index (χ4v) is 2.69. The zero-order valence-electron chi connectivity index (χ0n) is 13.3. The van der Waals surface area contributed by atoms with E-state index >= 15 is 0 Å². The summed E-state index contributed by atoms with van der Waals surface area (Å²) >= 11 is 1.57. The van der Waals surface area contributed by atoms with E-state index in [2.05, 4.69) is 17.5 Å². The molecule has 1 aromatic heterocycles. The van der Waals surface area contributed by atoms with Crippen molar-refractivity contribution in [2.75, 3.05) is 6.61 Å². The molecule has 122 valence electrons. The SMILES string of the molecule is CCCCCOc1ccc(/C=N/NC(=O)Cc2cccs2)cc1. The first kappa shape index (κ1) is 17.2. The second-order valence-electron chi connectivity index (χ2n) is 5.17. The van der Waals surface area contributed by atoms with E-state index in [-0.39, 0.29) is 5.91 Å². The molecule has 0 aliphatic heterocycles. The predicted octanol–water partition coefficient (Wildman–Crippen LogP) is 4.01. The van der Waals surface area contributed by atoms with Gasteiger partial charge in [0, 0.05) is 4.88 Å². The topological polar surface area (TPSA) is 50.7 Å². The Labute approximate surface area is 141 Å². The summed E-state index contributed by atoms with van der Waals surface area (Å²) in [5, 5.41) is 5.93. The summed E-state index contributed by atoms with van der Waals surface area (Å²) in [7, 11) is 0. The van der Waals surface area contributed by atoms with Crippen molar-refractivity contribution in [1.29, 1.82) is 0 Å². The number of carbonyl (C=O) groups excluding carboxylic acids is 1. The third-order valence-corrected chi connectivity index (χ3v) is 4.09. The van der Waals surface area contributed by atoms with Gasteiger partial charge in [-0.2, -0.15) is 5.10 Å². The molecular weight excluding hydrogens is 308 g/mol. The van der Waals surface area contributed by atoms with Crippen LogP contribution in [0.15, 0.2) is 46.9 Å². The van der Waals surface area contributed by atoms with Gasteiger partial charge < -0.3 is 4.74 Å². The van der Waals surface area contributed by atoms with Gasteiger partial charge in [-0.1, -0.05) is 25.8 Å². The molecule has 0 saturated carbocycles. The lowest BCUT2D eigenvalue weighted by Gasteiger charge is -2.05. The van der Waals surface area contributed by atoms with Gasteiger partial charge in [0.15, 0.2) is 0 Å². The summed E-state index contributed by atoms with van der Waals surface area (Å²) in [4.78, 5) is 12.7. The second kappa shape index (κ2) is 9.79. The van der Waals surface area contributed by atoms with Gasteiger partial charge in [-0.25, -0.2) is 5.43 Å². The molecule has 2 rings (SSSR count). The van der Waals surface area contributed by atoms with Crippen molar-refractivity contribution >= 4 is 23.5 Å². The minimum Gasteiger partial charge on any atom is -0.494 e. The van der Waals surface area contributed by atoms with Crippen LogP contribution in [0, 0.1) is 0 Å². The van der Waals surface area contributed by atoms with E-state index in [1.54, 1.807) is 17.6 Å². The van der Waals surface area contributed by atoms with Crippen LogP contribution < -0.4 is 10.2 Å². The highest BCUT2D eigenvalue weighted by Gasteiger charge is 2.02. The van der Waals surface area contributed by atoms with Crippen LogP contribution >= 0.6 is 11.3 Å². The maximum Gasteiger partial charge on any atom is 0.245 e. The number of carbonyl (C=O) groups is 1. The normalized spacial score (nSPS) is 10.8. The molecule has 2 aromatic rings. The number of nitrogens with zero attached hydrogens (tertiary/aromatic N) is 1. The zero-order valence-corrected chi connectivity index (χ0v) is 14.1. The number of benzene rings is 1. The minimum atomic E-state index is -0.112. The molecule has 1 amide bonds. The van der Waals surface area contributed by atoms with Gasteiger partial charge in [0.1, 0.15) is 5.75 Å². The van der Waals surface area contributed by atoms with E-state index in [1.165, 1.54) is 12.8 Å². The third-order valence-electron chi connectivity index (χ3n) is 3.21. The van der Waals surface area contributed by atoms with Crippen LogP contribution in [0.25, 0.3) is 0 Å². The highest BCUT2D eigenvalue weighted by Crippen LogP contribution is 2.12. The molecule has 1 N–H and O–H groups in total. The molecule has 1 aromatic carbocycles. The van der Waals surface area contributed by atoms with Gasteiger partial charge in [0.25, 0.3) is 0 Å². The number of thiophene rings is 1. The summed E-state index contributed by atoms with van der Waals surface area (Å²) in [6.45, 7) is 2.92. The summed E-state index contributed by atoms with van der Waals surface area (Å²) in [6, 6.07) is 11.5. The van der Waals surface area contributed by atoms with Gasteiger partial charge in [0.2, 0.25) is 5.91 Å². The van der Waals surface area contributed by atoms with Crippen LogP contribution in [0.3, 0.4) is 0 Å². The number of hydrazone groups is 1. The van der Waals surface area contributed by atoms with Crippen molar-refractivity contribution in [2.24, 2.45) is 5.10 Å². The van der Waals surface area contributed by atoms with Gasteiger partial charge in [0.05, 0.1) is 19.2 Å². The molecule has 0 unspecified atom stereocenters. The van der Waals surface area contributed by atoms with E-state index in [0.717, 1.165) is 29.2 Å². The van der Waals surface area contributed by atoms with Crippen LogP contribution in [0.2, 0.25) is 0 Å². The van der Waals surface area contributed by atoms with Crippen molar-refractivity contribution in [3.63, 3.8) is 0 Å². The van der Waals surface area contributed by atoms with E-state index in [1.807, 2.05) is 41.8 Å². The lowest BCUT2D eigenvalue weighted by molar-refractivity contribution is -0.120. The van der Waals surface area contributed by atoms with Crippen LogP contribution in [-0.2, 0) is 11.2 Å². The fourth-order valence-electron chi connectivity index (χ4n) is 1.98. The Balaban J connectivity index is 1.73. The number of hydrogen-bond donors (Lipinski definition) is 1. The molecule has 23 heavy (non-hydrogen) atoms. The monoisotopic (exact) mass is 330 g/mol. The quantitative estimate of drug-likeness (QED) is 0.429. The molecule has 0 spiro atoms. The average molecular weight is 330 g/mol. The Kier molecular flexibility index (Phi) is 7.33. The number of unbranched alkanes of at least 4 members (excludes halogenated alkanes) is 2. The fraction of sp³-hybridized carbons (Fsp3) is 0.333. The Morgan fingerprint density at radius 1 is 1.26 bits per heavy atom. The highest BCUT2D eigenvalue weighted by atomic mass is 32.1. The van der Waals surface area contributed by atoms with Gasteiger partial charge in [-0.3, -0.25) is 4.79 Å². The number of hydrogen-bond acceptors (Lipinski definition) is 4. The number of amides is 1. The molecule has 0 atom stereocenters. The first-order chi connectivity index (χ1) is 11.3. The van der Waals surface area contributed by atoms with Crippen LogP contribution in [0.5, 0.6) is 5.75 Å². The Morgan fingerprint density at radius 3 is 2.78 bits per heavy atom. The van der Waals surface area contributed by atoms with Gasteiger partial charge in [-0.15, -0.1) is 11.3 Å². The largest absolute Gasteiger partial charge is 0.494 e. The molecule has 0 aliphatic rings. The maximum atomic E-state index is 11.7. The molecule has 5 heteroatoms. The summed E-state index contributed by atoms with van der Waals surface area (Å²) in [5.41, 5.74) is 3.46. The zero-order chi connectivity index (χ0) is 16.3. The summed E-state index contributed by atoms with van der Waals surface area (Å²) in [6.07, 6.45) is 5.45. The minimum absolute atomic E-state index is 0.112. The van der Waals surface area contributed by atoms with Crippen molar-refractivity contribution in [3.8, 4) is 5.75 Å². The van der Waals surface area contributed by atoms with Gasteiger partial charge in [-0.05, 0) is 47.7 Å². The first-order valence-corrected chi connectivity index (χ1v) is 8.73. The molecular formula is C18H22N2O2S. The second-order valence-corrected chi connectivity index (χ2v) is 6.21. The Bertz CT molecular complexity index is 606. The highest BCUT2D eigenvalue weighted by molar-refractivity contribution is 7.10. The third kappa shape index (κ3) is 6.65. The van der Waals surface area contributed by atoms with E-state index < -0.39 is 0 Å².